The first kappa shape index (κ1) is 9.32. The zero-order valence-corrected chi connectivity index (χ0v) is 7.16. The molecule has 0 atom stereocenters. The van der Waals surface area contributed by atoms with Gasteiger partial charge in [-0.1, -0.05) is 0 Å². The molecule has 2 aliphatic heterocycles. The van der Waals surface area contributed by atoms with Gasteiger partial charge in [0.1, 0.15) is 0 Å². The first-order valence-corrected chi connectivity index (χ1v) is 4.36. The summed E-state index contributed by atoms with van der Waals surface area (Å²) in [4.78, 5) is 11.3. The van der Waals surface area contributed by atoms with E-state index in [-0.39, 0.29) is 0 Å². The first-order valence-electron chi connectivity index (χ1n) is 4.36. The highest BCUT2D eigenvalue weighted by Gasteiger charge is 2.17. The summed E-state index contributed by atoms with van der Waals surface area (Å²) in [5, 5.41) is 8.16. The number of carbonyl (C=O) groups is 1. The molecule has 0 aliphatic carbocycles. The van der Waals surface area contributed by atoms with Crippen molar-refractivity contribution in [2.45, 2.75) is 19.3 Å². The van der Waals surface area contributed by atoms with Gasteiger partial charge in [0, 0.05) is 26.3 Å². The molecular weight excluding hydrogens is 158 g/mol. The number of rotatable bonds is 0. The van der Waals surface area contributed by atoms with Crippen LogP contribution >= 0.6 is 0 Å². The van der Waals surface area contributed by atoms with Gasteiger partial charge in [-0.15, -0.1) is 0 Å². The molecule has 1 amide bonds. The fourth-order valence-corrected chi connectivity index (χ4v) is 1.02. The van der Waals surface area contributed by atoms with Gasteiger partial charge in [0.05, 0.1) is 0 Å². The van der Waals surface area contributed by atoms with Crippen molar-refractivity contribution in [1.82, 2.24) is 4.90 Å². The summed E-state index contributed by atoms with van der Waals surface area (Å²) in [6.45, 7) is 3.46. The Kier molecular flexibility index (Phi) is 3.87. The second kappa shape index (κ2) is 4.98. The number of likely N-dealkylation sites (tertiary alicyclic amines) is 1. The third-order valence-corrected chi connectivity index (χ3v) is 1.95. The van der Waals surface area contributed by atoms with Gasteiger partial charge in [-0.05, 0) is 19.3 Å². The van der Waals surface area contributed by atoms with Crippen LogP contribution in [-0.2, 0) is 4.74 Å². The van der Waals surface area contributed by atoms with Crippen LogP contribution in [0.15, 0.2) is 0 Å². The van der Waals surface area contributed by atoms with Crippen molar-refractivity contribution < 1.29 is 14.6 Å². The SMILES string of the molecule is C1CCOC1.O=C(O)N1CCC1. The van der Waals surface area contributed by atoms with Gasteiger partial charge in [-0.3, -0.25) is 0 Å². The highest BCUT2D eigenvalue weighted by atomic mass is 16.5. The van der Waals surface area contributed by atoms with Gasteiger partial charge in [0.15, 0.2) is 0 Å². The number of nitrogens with zero attached hydrogens (tertiary/aromatic N) is 1. The Balaban J connectivity index is 0.000000127. The van der Waals surface area contributed by atoms with E-state index in [1.165, 1.54) is 17.7 Å². The van der Waals surface area contributed by atoms with E-state index in [0.717, 1.165) is 32.7 Å². The van der Waals surface area contributed by atoms with Crippen LogP contribution in [-0.4, -0.2) is 42.4 Å². The lowest BCUT2D eigenvalue weighted by atomic mass is 10.2. The van der Waals surface area contributed by atoms with Crippen LogP contribution in [0.25, 0.3) is 0 Å². The van der Waals surface area contributed by atoms with E-state index < -0.39 is 6.09 Å². The summed E-state index contributed by atoms with van der Waals surface area (Å²) in [6, 6.07) is 0. The molecule has 70 valence electrons. The molecule has 0 aromatic rings. The van der Waals surface area contributed by atoms with E-state index in [4.69, 9.17) is 9.84 Å². The summed E-state index contributed by atoms with van der Waals surface area (Å²) in [5.74, 6) is 0. The van der Waals surface area contributed by atoms with Crippen molar-refractivity contribution in [3.63, 3.8) is 0 Å². The minimum absolute atomic E-state index is 0.731. The van der Waals surface area contributed by atoms with Gasteiger partial charge in [0.2, 0.25) is 0 Å². The topological polar surface area (TPSA) is 49.8 Å². The average Bonchev–Trinajstić information content (AvgIpc) is 2.34. The molecule has 4 nitrogen and oxygen atoms in total. The molecule has 0 aromatic heterocycles. The van der Waals surface area contributed by atoms with Crippen molar-refractivity contribution in [2.24, 2.45) is 0 Å². The Bertz CT molecular complexity index is 134. The molecule has 12 heavy (non-hydrogen) atoms. The van der Waals surface area contributed by atoms with Crippen molar-refractivity contribution in [3.05, 3.63) is 0 Å². The van der Waals surface area contributed by atoms with Crippen LogP contribution in [0.1, 0.15) is 19.3 Å². The first-order chi connectivity index (χ1) is 5.80. The van der Waals surface area contributed by atoms with Gasteiger partial charge in [-0.2, -0.15) is 0 Å². The fourth-order valence-electron chi connectivity index (χ4n) is 1.02. The van der Waals surface area contributed by atoms with E-state index in [9.17, 15) is 4.79 Å². The van der Waals surface area contributed by atoms with E-state index in [1.54, 1.807) is 0 Å². The van der Waals surface area contributed by atoms with Crippen molar-refractivity contribution >= 4 is 6.09 Å². The van der Waals surface area contributed by atoms with Crippen LogP contribution in [0.5, 0.6) is 0 Å². The lowest BCUT2D eigenvalue weighted by Gasteiger charge is -2.27. The summed E-state index contributed by atoms with van der Waals surface area (Å²) < 4.78 is 4.94. The van der Waals surface area contributed by atoms with E-state index in [0.29, 0.717) is 0 Å². The summed E-state index contributed by atoms with van der Waals surface area (Å²) in [7, 11) is 0. The van der Waals surface area contributed by atoms with Crippen LogP contribution in [0.4, 0.5) is 4.79 Å². The molecule has 2 saturated heterocycles. The van der Waals surface area contributed by atoms with Gasteiger partial charge < -0.3 is 14.7 Å². The predicted octanol–water partition coefficient (Wildman–Crippen LogP) is 1.17. The summed E-state index contributed by atoms with van der Waals surface area (Å²) >= 11 is 0. The Morgan fingerprint density at radius 1 is 1.17 bits per heavy atom. The number of hydrogen-bond acceptors (Lipinski definition) is 2. The Morgan fingerprint density at radius 2 is 1.75 bits per heavy atom. The molecule has 2 fully saturated rings. The maximum absolute atomic E-state index is 9.91. The number of ether oxygens (including phenoxy) is 1. The Hall–Kier alpha value is -0.770. The number of carboxylic acid groups (broad SMARTS) is 1. The number of amides is 1. The third kappa shape index (κ3) is 3.09. The zero-order valence-electron chi connectivity index (χ0n) is 7.16. The highest BCUT2D eigenvalue weighted by molar-refractivity contribution is 5.65. The lowest BCUT2D eigenvalue weighted by molar-refractivity contribution is 0.118. The molecule has 0 saturated carbocycles. The second-order valence-electron chi connectivity index (χ2n) is 2.94. The zero-order chi connectivity index (χ0) is 8.81. The normalized spacial score (nSPS) is 20.8. The van der Waals surface area contributed by atoms with Crippen LogP contribution in [0.2, 0.25) is 0 Å². The molecule has 2 rings (SSSR count). The molecule has 4 heteroatoms. The van der Waals surface area contributed by atoms with Crippen LogP contribution in [0, 0.1) is 0 Å². The minimum atomic E-state index is -0.786. The van der Waals surface area contributed by atoms with Gasteiger partial charge in [-0.25, -0.2) is 4.79 Å². The summed E-state index contributed by atoms with van der Waals surface area (Å²) in [6.07, 6.45) is 2.80. The molecule has 0 bridgehead atoms. The molecule has 0 spiro atoms. The maximum Gasteiger partial charge on any atom is 0.407 e. The average molecular weight is 173 g/mol. The molecule has 2 heterocycles. The molecular formula is C8H15NO3. The highest BCUT2D eigenvalue weighted by Crippen LogP contribution is 2.03. The Morgan fingerprint density at radius 3 is 1.83 bits per heavy atom. The third-order valence-electron chi connectivity index (χ3n) is 1.95. The van der Waals surface area contributed by atoms with Crippen molar-refractivity contribution in [3.8, 4) is 0 Å². The second-order valence-corrected chi connectivity index (χ2v) is 2.94. The molecule has 0 radical (unpaired) electrons. The fraction of sp³-hybridized carbons (Fsp3) is 0.875. The van der Waals surface area contributed by atoms with Crippen molar-refractivity contribution in [1.29, 1.82) is 0 Å². The minimum Gasteiger partial charge on any atom is -0.465 e. The maximum atomic E-state index is 9.91. The standard InChI is InChI=1S/C4H7NO2.C4H8O/c6-4(7)5-2-1-3-5;1-2-4-5-3-1/h1-3H2,(H,6,7);1-4H2. The van der Waals surface area contributed by atoms with E-state index >= 15 is 0 Å². The van der Waals surface area contributed by atoms with E-state index in [1.807, 2.05) is 0 Å². The smallest absolute Gasteiger partial charge is 0.407 e. The Labute approximate surface area is 72.1 Å². The quantitative estimate of drug-likeness (QED) is 0.598. The monoisotopic (exact) mass is 173 g/mol. The molecule has 1 N–H and O–H groups in total. The molecule has 0 aromatic carbocycles. The number of hydrogen-bond donors (Lipinski definition) is 1. The molecule has 0 unspecified atom stereocenters. The summed E-state index contributed by atoms with van der Waals surface area (Å²) in [5.41, 5.74) is 0. The predicted molar refractivity (Wildman–Crippen MR) is 44.3 cm³/mol. The lowest BCUT2D eigenvalue weighted by Crippen LogP contribution is -2.40. The van der Waals surface area contributed by atoms with Crippen LogP contribution in [0.3, 0.4) is 0 Å². The van der Waals surface area contributed by atoms with Crippen molar-refractivity contribution in [2.75, 3.05) is 26.3 Å². The van der Waals surface area contributed by atoms with Crippen LogP contribution < -0.4 is 0 Å². The van der Waals surface area contributed by atoms with Gasteiger partial charge >= 0.3 is 6.09 Å². The largest absolute Gasteiger partial charge is 0.465 e. The van der Waals surface area contributed by atoms with Gasteiger partial charge in [0.25, 0.3) is 0 Å². The molecule has 2 aliphatic rings. The van der Waals surface area contributed by atoms with E-state index in [2.05, 4.69) is 0 Å².